The lowest BCUT2D eigenvalue weighted by Crippen LogP contribution is -2.21. The molecule has 1 fully saturated rings. The first-order chi connectivity index (χ1) is 10.4. The van der Waals surface area contributed by atoms with Gasteiger partial charge in [-0.3, -0.25) is 0 Å². The van der Waals surface area contributed by atoms with E-state index in [1.165, 1.54) is 24.4 Å². The van der Waals surface area contributed by atoms with Crippen molar-refractivity contribution in [1.82, 2.24) is 9.55 Å². The molecule has 4 nitrogen and oxygen atoms in total. The Bertz CT molecular complexity index is 643. The molecule has 1 aliphatic rings. The van der Waals surface area contributed by atoms with Crippen LogP contribution in [0, 0.1) is 5.92 Å². The van der Waals surface area contributed by atoms with E-state index in [-0.39, 0.29) is 6.04 Å². The zero-order chi connectivity index (χ0) is 15.7. The van der Waals surface area contributed by atoms with Crippen LogP contribution in [0.1, 0.15) is 24.4 Å². The van der Waals surface area contributed by atoms with Gasteiger partial charge in [0.05, 0.1) is 17.4 Å². The molecule has 22 heavy (non-hydrogen) atoms. The van der Waals surface area contributed by atoms with Crippen LogP contribution in [0.2, 0.25) is 25.7 Å². The molecule has 0 aliphatic heterocycles. The quantitative estimate of drug-likeness (QED) is 0.625. The molecule has 2 aromatic rings. The smallest absolute Gasteiger partial charge is 0.124 e. The van der Waals surface area contributed by atoms with Gasteiger partial charge in [0.1, 0.15) is 6.73 Å². The lowest BCUT2D eigenvalue weighted by atomic mass is 10.0. The van der Waals surface area contributed by atoms with Gasteiger partial charge in [0.25, 0.3) is 0 Å². The van der Waals surface area contributed by atoms with E-state index < -0.39 is 8.07 Å². The Hall–Kier alpha value is -1.17. The maximum atomic E-state index is 6.28. The molecule has 0 unspecified atom stereocenters. The van der Waals surface area contributed by atoms with Gasteiger partial charge >= 0.3 is 0 Å². The standard InChI is InChI=1S/C17H27N3OSi/c1-22(2,3)9-8-21-12-20-11-19-15-10-14(6-7-16(15)20)17(18)13-4-5-13/h6-7,10-11,13,17H,4-5,8-9,12,18H2,1-3H3/t17-/m1/s1. The first-order valence-corrected chi connectivity index (χ1v) is 11.9. The number of imidazole rings is 1. The summed E-state index contributed by atoms with van der Waals surface area (Å²) >= 11 is 0. The van der Waals surface area contributed by atoms with E-state index in [9.17, 15) is 0 Å². The van der Waals surface area contributed by atoms with Crippen molar-refractivity contribution in [2.45, 2.75) is 51.3 Å². The van der Waals surface area contributed by atoms with Gasteiger partial charge < -0.3 is 15.0 Å². The van der Waals surface area contributed by atoms with Gasteiger partial charge in [-0.1, -0.05) is 25.7 Å². The zero-order valence-electron chi connectivity index (χ0n) is 13.9. The summed E-state index contributed by atoms with van der Waals surface area (Å²) in [7, 11) is -1.02. The van der Waals surface area contributed by atoms with Gasteiger partial charge in [0.15, 0.2) is 0 Å². The van der Waals surface area contributed by atoms with Crippen LogP contribution in [-0.2, 0) is 11.5 Å². The third kappa shape index (κ3) is 3.77. The number of aromatic nitrogens is 2. The molecule has 0 amide bonds. The molecule has 0 spiro atoms. The summed E-state index contributed by atoms with van der Waals surface area (Å²) in [6.45, 7) is 8.52. The molecule has 3 rings (SSSR count). The van der Waals surface area contributed by atoms with E-state index in [0.717, 1.165) is 17.6 Å². The van der Waals surface area contributed by atoms with Crippen LogP contribution in [0.25, 0.3) is 11.0 Å². The Morgan fingerprint density at radius 3 is 2.82 bits per heavy atom. The molecule has 0 radical (unpaired) electrons. The average molecular weight is 318 g/mol. The molecule has 1 saturated carbocycles. The maximum Gasteiger partial charge on any atom is 0.124 e. The lowest BCUT2D eigenvalue weighted by molar-refractivity contribution is 0.0898. The lowest BCUT2D eigenvalue weighted by Gasteiger charge is -2.15. The van der Waals surface area contributed by atoms with Gasteiger partial charge in [0.2, 0.25) is 0 Å². The topological polar surface area (TPSA) is 53.1 Å². The van der Waals surface area contributed by atoms with Crippen molar-refractivity contribution in [3.05, 3.63) is 30.1 Å². The van der Waals surface area contributed by atoms with Crippen molar-refractivity contribution in [1.29, 1.82) is 0 Å². The van der Waals surface area contributed by atoms with Gasteiger partial charge in [0, 0.05) is 20.7 Å². The Morgan fingerprint density at radius 1 is 1.36 bits per heavy atom. The highest BCUT2D eigenvalue weighted by atomic mass is 28.3. The minimum absolute atomic E-state index is 0.169. The molecular weight excluding hydrogens is 290 g/mol. The fourth-order valence-electron chi connectivity index (χ4n) is 2.66. The first-order valence-electron chi connectivity index (χ1n) is 8.22. The molecule has 1 aliphatic carbocycles. The number of nitrogens with two attached hydrogens (primary N) is 1. The molecular formula is C17H27N3OSi. The van der Waals surface area contributed by atoms with E-state index >= 15 is 0 Å². The Balaban J connectivity index is 1.64. The van der Waals surface area contributed by atoms with Crippen molar-refractivity contribution >= 4 is 19.1 Å². The highest BCUT2D eigenvalue weighted by molar-refractivity contribution is 6.76. The summed E-state index contributed by atoms with van der Waals surface area (Å²) in [4.78, 5) is 4.51. The zero-order valence-corrected chi connectivity index (χ0v) is 14.9. The summed E-state index contributed by atoms with van der Waals surface area (Å²) in [5.74, 6) is 0.671. The molecule has 1 atom stereocenters. The number of ether oxygens (including phenoxy) is 1. The van der Waals surface area contributed by atoms with Gasteiger partial charge in [-0.15, -0.1) is 0 Å². The van der Waals surface area contributed by atoms with Crippen LogP contribution in [-0.4, -0.2) is 24.2 Å². The fourth-order valence-corrected chi connectivity index (χ4v) is 3.42. The van der Waals surface area contributed by atoms with Crippen molar-refractivity contribution in [3.63, 3.8) is 0 Å². The van der Waals surface area contributed by atoms with Crippen LogP contribution in [0.4, 0.5) is 0 Å². The van der Waals surface area contributed by atoms with Crippen molar-refractivity contribution in [3.8, 4) is 0 Å². The molecule has 1 aromatic heterocycles. The Morgan fingerprint density at radius 2 is 2.14 bits per heavy atom. The highest BCUT2D eigenvalue weighted by Gasteiger charge is 2.29. The number of rotatable bonds is 7. The highest BCUT2D eigenvalue weighted by Crippen LogP contribution is 2.39. The number of fused-ring (bicyclic) bond motifs is 1. The first kappa shape index (κ1) is 15.7. The monoisotopic (exact) mass is 317 g/mol. The third-order valence-electron chi connectivity index (χ3n) is 4.39. The number of hydrogen-bond donors (Lipinski definition) is 1. The number of nitrogens with zero attached hydrogens (tertiary/aromatic N) is 2. The molecule has 2 N–H and O–H groups in total. The SMILES string of the molecule is C[Si](C)(C)CCOCn1cnc2cc([C@H](N)C3CC3)ccc21. The molecule has 1 heterocycles. The van der Waals surface area contributed by atoms with Crippen LogP contribution in [0.5, 0.6) is 0 Å². The number of hydrogen-bond acceptors (Lipinski definition) is 3. The maximum absolute atomic E-state index is 6.28. The normalized spacial score (nSPS) is 17.1. The molecule has 120 valence electrons. The summed E-state index contributed by atoms with van der Waals surface area (Å²) in [5.41, 5.74) is 9.63. The second-order valence-electron chi connectivity index (χ2n) is 7.67. The summed E-state index contributed by atoms with van der Waals surface area (Å²) < 4.78 is 7.90. The van der Waals surface area contributed by atoms with Crippen molar-refractivity contribution in [2.75, 3.05) is 6.61 Å². The third-order valence-corrected chi connectivity index (χ3v) is 6.09. The van der Waals surface area contributed by atoms with Gasteiger partial charge in [-0.05, 0) is 42.5 Å². The second kappa shape index (κ2) is 6.14. The Kier molecular flexibility index (Phi) is 4.39. The predicted molar refractivity (Wildman–Crippen MR) is 93.5 cm³/mol. The largest absolute Gasteiger partial charge is 0.361 e. The minimum Gasteiger partial charge on any atom is -0.361 e. The van der Waals surface area contributed by atoms with Crippen LogP contribution in [0.3, 0.4) is 0 Å². The van der Waals surface area contributed by atoms with E-state index in [4.69, 9.17) is 10.5 Å². The molecule has 0 bridgehead atoms. The summed E-state index contributed by atoms with van der Waals surface area (Å²) in [6, 6.07) is 7.77. The fraction of sp³-hybridized carbons (Fsp3) is 0.588. The average Bonchev–Trinajstić information content (AvgIpc) is 3.23. The van der Waals surface area contributed by atoms with Crippen LogP contribution >= 0.6 is 0 Å². The van der Waals surface area contributed by atoms with E-state index in [0.29, 0.717) is 12.6 Å². The Labute approximate surface area is 133 Å². The van der Waals surface area contributed by atoms with E-state index in [1.807, 2.05) is 6.33 Å². The molecule has 0 saturated heterocycles. The predicted octanol–water partition coefficient (Wildman–Crippen LogP) is 3.76. The number of benzene rings is 1. The van der Waals surface area contributed by atoms with Gasteiger partial charge in [-0.25, -0.2) is 4.98 Å². The van der Waals surface area contributed by atoms with Crippen molar-refractivity contribution in [2.24, 2.45) is 11.7 Å². The summed E-state index contributed by atoms with van der Waals surface area (Å²) in [6.07, 6.45) is 4.39. The minimum atomic E-state index is -1.02. The van der Waals surface area contributed by atoms with E-state index in [1.54, 1.807) is 0 Å². The summed E-state index contributed by atoms with van der Waals surface area (Å²) in [5, 5.41) is 0. The van der Waals surface area contributed by atoms with Crippen LogP contribution < -0.4 is 5.73 Å². The van der Waals surface area contributed by atoms with E-state index in [2.05, 4.69) is 47.4 Å². The molecule has 5 heteroatoms. The van der Waals surface area contributed by atoms with Crippen LogP contribution in [0.15, 0.2) is 24.5 Å². The second-order valence-corrected chi connectivity index (χ2v) is 13.3. The van der Waals surface area contributed by atoms with Crippen molar-refractivity contribution < 1.29 is 4.74 Å². The molecule has 1 aromatic carbocycles. The van der Waals surface area contributed by atoms with Gasteiger partial charge in [-0.2, -0.15) is 0 Å².